The molecule has 0 unspecified atom stereocenters. The first-order valence-electron chi connectivity index (χ1n) is 9.36. The lowest BCUT2D eigenvalue weighted by Crippen LogP contribution is -2.33. The number of hydrogen-bond acceptors (Lipinski definition) is 5. The van der Waals surface area contributed by atoms with Crippen LogP contribution in [0.5, 0.6) is 5.88 Å². The van der Waals surface area contributed by atoms with Gasteiger partial charge >= 0.3 is 0 Å². The van der Waals surface area contributed by atoms with Crippen LogP contribution in [0.3, 0.4) is 0 Å². The summed E-state index contributed by atoms with van der Waals surface area (Å²) in [5, 5.41) is 2.80. The lowest BCUT2D eigenvalue weighted by Gasteiger charge is -2.22. The quantitative estimate of drug-likeness (QED) is 0.717. The number of fused-ring (bicyclic) bond motifs is 1. The zero-order valence-electron chi connectivity index (χ0n) is 15.5. The number of pyridine rings is 1. The minimum Gasteiger partial charge on any atom is -0.481 e. The molecule has 2 aliphatic rings. The maximum absolute atomic E-state index is 12.8. The van der Waals surface area contributed by atoms with Gasteiger partial charge < -0.3 is 19.7 Å². The fraction of sp³-hybridized carbons (Fsp3) is 0.632. The van der Waals surface area contributed by atoms with E-state index < -0.39 is 0 Å². The Morgan fingerprint density at radius 3 is 2.85 bits per heavy atom. The third-order valence-corrected chi connectivity index (χ3v) is 4.97. The van der Waals surface area contributed by atoms with Crippen molar-refractivity contribution in [2.45, 2.75) is 58.2 Å². The maximum Gasteiger partial charge on any atom is 0.256 e. The van der Waals surface area contributed by atoms with Crippen molar-refractivity contribution in [3.05, 3.63) is 22.9 Å². The fourth-order valence-corrected chi connectivity index (χ4v) is 3.64. The van der Waals surface area contributed by atoms with E-state index in [2.05, 4.69) is 10.3 Å². The first-order valence-corrected chi connectivity index (χ1v) is 9.36. The van der Waals surface area contributed by atoms with Crippen LogP contribution in [-0.2, 0) is 22.6 Å². The van der Waals surface area contributed by atoms with E-state index in [4.69, 9.17) is 9.47 Å². The highest BCUT2D eigenvalue weighted by Crippen LogP contribution is 2.33. The van der Waals surface area contributed by atoms with Crippen LogP contribution in [0.4, 0.5) is 0 Å². The Labute approximate surface area is 154 Å². The molecule has 1 fully saturated rings. The summed E-state index contributed by atoms with van der Waals surface area (Å²) in [6.07, 6.45) is 5.36. The number of carbonyl (C=O) groups is 2. The number of hydrogen-bond donors (Lipinski definition) is 1. The summed E-state index contributed by atoms with van der Waals surface area (Å²) in [6, 6.07) is 2.13. The highest BCUT2D eigenvalue weighted by Gasteiger charge is 2.35. The molecule has 0 atom stereocenters. The maximum atomic E-state index is 12.8. The monoisotopic (exact) mass is 361 g/mol. The van der Waals surface area contributed by atoms with E-state index >= 15 is 0 Å². The van der Waals surface area contributed by atoms with Gasteiger partial charge in [0.05, 0.1) is 24.9 Å². The van der Waals surface area contributed by atoms with Crippen molar-refractivity contribution in [2.75, 3.05) is 20.3 Å². The predicted molar refractivity (Wildman–Crippen MR) is 95.9 cm³/mol. The Hall–Kier alpha value is -2.15. The van der Waals surface area contributed by atoms with Gasteiger partial charge in [0.25, 0.3) is 5.91 Å². The van der Waals surface area contributed by atoms with Gasteiger partial charge in [0.15, 0.2) is 0 Å². The third kappa shape index (κ3) is 3.98. The first-order chi connectivity index (χ1) is 12.6. The van der Waals surface area contributed by atoms with Gasteiger partial charge in [-0.15, -0.1) is 0 Å². The molecule has 0 radical (unpaired) electrons. The van der Waals surface area contributed by atoms with E-state index in [-0.39, 0.29) is 25.0 Å². The molecule has 26 heavy (non-hydrogen) atoms. The highest BCUT2D eigenvalue weighted by molar-refractivity contribution is 5.98. The molecule has 1 saturated carbocycles. The molecule has 1 aromatic heterocycles. The van der Waals surface area contributed by atoms with E-state index in [9.17, 15) is 9.59 Å². The number of ether oxygens (including phenoxy) is 2. The van der Waals surface area contributed by atoms with Crippen molar-refractivity contribution in [3.8, 4) is 5.88 Å². The molecule has 0 aromatic carbocycles. The van der Waals surface area contributed by atoms with E-state index in [1.54, 1.807) is 7.11 Å². The average molecular weight is 361 g/mol. The normalized spacial score (nSPS) is 16.8. The van der Waals surface area contributed by atoms with Gasteiger partial charge in [-0.1, -0.05) is 19.8 Å². The van der Waals surface area contributed by atoms with Gasteiger partial charge in [0, 0.05) is 24.8 Å². The number of nitrogens with zero attached hydrogens (tertiary/aromatic N) is 2. The minimum absolute atomic E-state index is 0.0307. The predicted octanol–water partition coefficient (Wildman–Crippen LogP) is 2.03. The van der Waals surface area contributed by atoms with Crippen LogP contribution in [0.2, 0.25) is 0 Å². The fourth-order valence-electron chi connectivity index (χ4n) is 3.64. The van der Waals surface area contributed by atoms with Crippen LogP contribution in [0.15, 0.2) is 6.07 Å². The molecule has 1 aliphatic carbocycles. The van der Waals surface area contributed by atoms with E-state index in [0.717, 1.165) is 25.0 Å². The number of amides is 2. The molecule has 2 heterocycles. The molecule has 7 nitrogen and oxygen atoms in total. The molecule has 0 bridgehead atoms. The van der Waals surface area contributed by atoms with Crippen molar-refractivity contribution in [1.82, 2.24) is 15.2 Å². The molecule has 0 spiro atoms. The smallest absolute Gasteiger partial charge is 0.256 e. The molecule has 0 saturated heterocycles. The second kappa shape index (κ2) is 8.49. The zero-order chi connectivity index (χ0) is 18.5. The summed E-state index contributed by atoms with van der Waals surface area (Å²) < 4.78 is 10.6. The Bertz CT molecular complexity index is 671. The summed E-state index contributed by atoms with van der Waals surface area (Å²) in [5.41, 5.74) is 2.10. The Morgan fingerprint density at radius 1 is 1.38 bits per heavy atom. The number of nitrogens with one attached hydrogen (secondary N) is 1. The van der Waals surface area contributed by atoms with Gasteiger partial charge in [0.1, 0.15) is 6.61 Å². The highest BCUT2D eigenvalue weighted by atomic mass is 16.5. The summed E-state index contributed by atoms with van der Waals surface area (Å²) in [4.78, 5) is 31.1. The van der Waals surface area contributed by atoms with Gasteiger partial charge in [-0.25, -0.2) is 4.98 Å². The van der Waals surface area contributed by atoms with Gasteiger partial charge in [-0.2, -0.15) is 0 Å². The summed E-state index contributed by atoms with van der Waals surface area (Å²) >= 11 is 0. The van der Waals surface area contributed by atoms with Crippen LogP contribution in [-0.4, -0.2) is 48.1 Å². The van der Waals surface area contributed by atoms with Crippen LogP contribution in [0.25, 0.3) is 0 Å². The molecular formula is C19H27N3O4. The molecule has 3 rings (SSSR count). The number of rotatable bonds is 8. The second-order valence-corrected chi connectivity index (χ2v) is 6.85. The van der Waals surface area contributed by atoms with E-state index in [1.807, 2.05) is 17.9 Å². The number of methoxy groups -OCH3 is 1. The largest absolute Gasteiger partial charge is 0.481 e. The second-order valence-electron chi connectivity index (χ2n) is 6.85. The van der Waals surface area contributed by atoms with Crippen LogP contribution in [0, 0.1) is 0 Å². The lowest BCUT2D eigenvalue weighted by molar-refractivity contribution is -0.125. The van der Waals surface area contributed by atoms with Crippen LogP contribution >= 0.6 is 0 Å². The SMILES string of the molecule is CCCOCC(=O)NCc1cc2c(nc1OC)CN(C1CCCC1)C2=O. The Balaban J connectivity index is 1.69. The first kappa shape index (κ1) is 18.6. The van der Waals surface area contributed by atoms with Gasteiger partial charge in [0.2, 0.25) is 11.8 Å². The van der Waals surface area contributed by atoms with Crippen molar-refractivity contribution >= 4 is 11.8 Å². The van der Waals surface area contributed by atoms with Crippen LogP contribution < -0.4 is 10.1 Å². The van der Waals surface area contributed by atoms with Crippen molar-refractivity contribution in [1.29, 1.82) is 0 Å². The molecule has 2 amide bonds. The topological polar surface area (TPSA) is 80.8 Å². The lowest BCUT2D eigenvalue weighted by atomic mass is 10.1. The third-order valence-electron chi connectivity index (χ3n) is 4.97. The molecule has 7 heteroatoms. The van der Waals surface area contributed by atoms with E-state index in [0.29, 0.717) is 36.2 Å². The standard InChI is InChI=1S/C19H27N3O4/c1-3-8-26-12-17(23)20-10-13-9-15-16(21-18(13)25-2)11-22(19(15)24)14-6-4-5-7-14/h9,14H,3-8,10-12H2,1-2H3,(H,20,23). The van der Waals surface area contributed by atoms with Gasteiger partial charge in [-0.05, 0) is 25.3 Å². The summed E-state index contributed by atoms with van der Waals surface area (Å²) in [6.45, 7) is 3.39. The average Bonchev–Trinajstić information content (AvgIpc) is 3.27. The van der Waals surface area contributed by atoms with Crippen molar-refractivity contribution in [2.24, 2.45) is 0 Å². The molecular weight excluding hydrogens is 334 g/mol. The summed E-state index contributed by atoms with van der Waals surface area (Å²) in [7, 11) is 1.55. The van der Waals surface area contributed by atoms with Crippen molar-refractivity contribution in [3.63, 3.8) is 0 Å². The van der Waals surface area contributed by atoms with Crippen LogP contribution in [0.1, 0.15) is 60.6 Å². The summed E-state index contributed by atoms with van der Waals surface area (Å²) in [5.74, 6) is 0.306. The number of carbonyl (C=O) groups excluding carboxylic acids is 2. The Kier molecular flexibility index (Phi) is 6.08. The minimum atomic E-state index is -0.195. The molecule has 1 N–H and O–H groups in total. The molecule has 142 valence electrons. The van der Waals surface area contributed by atoms with E-state index in [1.165, 1.54) is 12.8 Å². The zero-order valence-corrected chi connectivity index (χ0v) is 15.5. The number of aromatic nitrogens is 1. The van der Waals surface area contributed by atoms with Crippen molar-refractivity contribution < 1.29 is 19.1 Å². The Morgan fingerprint density at radius 2 is 2.15 bits per heavy atom. The molecule has 1 aliphatic heterocycles. The van der Waals surface area contributed by atoms with Gasteiger partial charge in [-0.3, -0.25) is 9.59 Å². The molecule has 1 aromatic rings.